The smallest absolute Gasteiger partial charge is 0.310 e. The van der Waals surface area contributed by atoms with Gasteiger partial charge in [0.25, 0.3) is 0 Å². The summed E-state index contributed by atoms with van der Waals surface area (Å²) < 4.78 is 14.1. The lowest BCUT2D eigenvalue weighted by Gasteiger charge is -2.38. The molecular formula is C13H20ClFN2O5. The Hall–Kier alpha value is -1.41. The average molecular weight is 339 g/mol. The quantitative estimate of drug-likeness (QED) is 0.542. The topological polar surface area (TPSA) is 144 Å². The van der Waals surface area contributed by atoms with Crippen LogP contribution in [-0.2, 0) is 14.4 Å². The third-order valence-corrected chi connectivity index (χ3v) is 5.17. The number of nitrogens with two attached hydrogens (primary N) is 2. The SMILES string of the molecule is CCC[C@@](N)(C(N)=O)[C@@]12C(C(=O)O)[C@@H](F)C[C@@H]1[C@@H]2C(=O)O.Cl. The maximum atomic E-state index is 14.1. The normalized spacial score (nSPS) is 38.3. The Bertz CT molecular complexity index is 519. The molecule has 0 saturated heterocycles. The van der Waals surface area contributed by atoms with Crippen LogP contribution in [0.2, 0.25) is 0 Å². The average Bonchev–Trinajstić information content (AvgIpc) is 2.88. The Labute approximate surface area is 132 Å². The lowest BCUT2D eigenvalue weighted by molar-refractivity contribution is -0.151. The highest BCUT2D eigenvalue weighted by molar-refractivity contribution is 5.92. The molecule has 2 saturated carbocycles. The van der Waals surface area contributed by atoms with Gasteiger partial charge in [-0.05, 0) is 18.8 Å². The number of aliphatic carboxylic acids is 2. The van der Waals surface area contributed by atoms with Crippen molar-refractivity contribution < 1.29 is 29.0 Å². The number of carbonyl (C=O) groups is 3. The number of alkyl halides is 1. The highest BCUT2D eigenvalue weighted by Gasteiger charge is 2.85. The van der Waals surface area contributed by atoms with E-state index < -0.39 is 52.7 Å². The zero-order valence-electron chi connectivity index (χ0n) is 12.0. The Morgan fingerprint density at radius 3 is 2.14 bits per heavy atom. The molecule has 22 heavy (non-hydrogen) atoms. The van der Waals surface area contributed by atoms with Gasteiger partial charge in [-0.1, -0.05) is 13.3 Å². The molecule has 0 aromatic carbocycles. The number of hydrogen-bond acceptors (Lipinski definition) is 4. The number of primary amides is 1. The van der Waals surface area contributed by atoms with Crippen molar-refractivity contribution in [3.8, 4) is 0 Å². The first-order valence-corrected chi connectivity index (χ1v) is 6.84. The predicted molar refractivity (Wildman–Crippen MR) is 76.0 cm³/mol. The van der Waals surface area contributed by atoms with E-state index in [1.807, 2.05) is 0 Å². The van der Waals surface area contributed by atoms with Crippen molar-refractivity contribution in [2.75, 3.05) is 0 Å². The minimum Gasteiger partial charge on any atom is -0.481 e. The van der Waals surface area contributed by atoms with Crippen LogP contribution in [0.25, 0.3) is 0 Å². The number of hydrogen-bond donors (Lipinski definition) is 4. The first kappa shape index (κ1) is 18.6. The van der Waals surface area contributed by atoms with E-state index >= 15 is 0 Å². The zero-order chi connectivity index (χ0) is 16.2. The second kappa shape index (κ2) is 5.66. The second-order valence-corrected chi connectivity index (χ2v) is 6.01. The minimum absolute atomic E-state index is 0. The van der Waals surface area contributed by atoms with Crippen molar-refractivity contribution in [1.29, 1.82) is 0 Å². The van der Waals surface area contributed by atoms with Gasteiger partial charge in [-0.3, -0.25) is 14.4 Å². The summed E-state index contributed by atoms with van der Waals surface area (Å²) in [5, 5.41) is 18.6. The Morgan fingerprint density at radius 1 is 1.27 bits per heavy atom. The fraction of sp³-hybridized carbons (Fsp3) is 0.769. The number of carboxylic acids is 2. The second-order valence-electron chi connectivity index (χ2n) is 6.01. The summed E-state index contributed by atoms with van der Waals surface area (Å²) in [6.45, 7) is 1.71. The summed E-state index contributed by atoms with van der Waals surface area (Å²) in [5.41, 5.74) is 7.96. The molecule has 2 rings (SSSR count). The van der Waals surface area contributed by atoms with Crippen molar-refractivity contribution in [2.24, 2.45) is 34.6 Å². The predicted octanol–water partition coefficient (Wildman–Crippen LogP) is 0.151. The van der Waals surface area contributed by atoms with Crippen molar-refractivity contribution in [3.05, 3.63) is 0 Å². The van der Waals surface area contributed by atoms with E-state index in [4.69, 9.17) is 11.5 Å². The zero-order valence-corrected chi connectivity index (χ0v) is 12.8. The van der Waals surface area contributed by atoms with E-state index in [9.17, 15) is 29.0 Å². The van der Waals surface area contributed by atoms with Gasteiger partial charge < -0.3 is 21.7 Å². The summed E-state index contributed by atoms with van der Waals surface area (Å²) in [4.78, 5) is 34.7. The largest absolute Gasteiger partial charge is 0.481 e. The van der Waals surface area contributed by atoms with Gasteiger partial charge in [-0.15, -0.1) is 12.4 Å². The monoisotopic (exact) mass is 338 g/mol. The van der Waals surface area contributed by atoms with Crippen LogP contribution >= 0.6 is 12.4 Å². The van der Waals surface area contributed by atoms with Gasteiger partial charge in [0.05, 0.1) is 11.8 Å². The third-order valence-electron chi connectivity index (χ3n) is 5.17. The molecule has 6 atom stereocenters. The molecule has 9 heteroatoms. The third kappa shape index (κ3) is 2.00. The fourth-order valence-electron chi connectivity index (χ4n) is 4.48. The van der Waals surface area contributed by atoms with Crippen LogP contribution in [0, 0.1) is 23.2 Å². The van der Waals surface area contributed by atoms with Gasteiger partial charge in [-0.25, -0.2) is 4.39 Å². The van der Waals surface area contributed by atoms with Gasteiger partial charge in [0.15, 0.2) is 0 Å². The molecule has 2 aliphatic rings. The fourth-order valence-corrected chi connectivity index (χ4v) is 4.48. The molecule has 0 spiro atoms. The molecule has 2 aliphatic carbocycles. The molecule has 2 fully saturated rings. The molecular weight excluding hydrogens is 319 g/mol. The molecule has 1 unspecified atom stereocenters. The number of halogens is 2. The molecule has 0 aliphatic heterocycles. The van der Waals surface area contributed by atoms with Crippen LogP contribution in [0.15, 0.2) is 0 Å². The number of fused-ring (bicyclic) bond motifs is 1. The summed E-state index contributed by atoms with van der Waals surface area (Å²) in [7, 11) is 0. The van der Waals surface area contributed by atoms with E-state index in [2.05, 4.69) is 0 Å². The lowest BCUT2D eigenvalue weighted by atomic mass is 9.68. The van der Waals surface area contributed by atoms with Crippen LogP contribution in [0.5, 0.6) is 0 Å². The molecule has 7 nitrogen and oxygen atoms in total. The van der Waals surface area contributed by atoms with E-state index in [0.29, 0.717) is 6.42 Å². The molecule has 6 N–H and O–H groups in total. The van der Waals surface area contributed by atoms with E-state index in [0.717, 1.165) is 0 Å². The van der Waals surface area contributed by atoms with E-state index in [1.54, 1.807) is 6.92 Å². The molecule has 0 aromatic rings. The number of amides is 1. The first-order chi connectivity index (χ1) is 9.66. The number of rotatable bonds is 6. The Kier molecular flexibility index (Phi) is 4.79. The van der Waals surface area contributed by atoms with Crippen LogP contribution in [0.1, 0.15) is 26.2 Å². The maximum absolute atomic E-state index is 14.1. The molecule has 0 aromatic heterocycles. The van der Waals surface area contributed by atoms with Crippen molar-refractivity contribution in [1.82, 2.24) is 0 Å². The van der Waals surface area contributed by atoms with Crippen LogP contribution in [0.4, 0.5) is 4.39 Å². The van der Waals surface area contributed by atoms with E-state index in [1.165, 1.54) is 0 Å². The Balaban J connectivity index is 0.00000242. The van der Waals surface area contributed by atoms with Gasteiger partial charge in [0, 0.05) is 5.41 Å². The minimum atomic E-state index is -1.83. The molecule has 0 radical (unpaired) electrons. The summed E-state index contributed by atoms with van der Waals surface area (Å²) in [6, 6.07) is 0. The highest BCUT2D eigenvalue weighted by atomic mass is 35.5. The lowest BCUT2D eigenvalue weighted by Crippen LogP contribution is -2.63. The summed E-state index contributed by atoms with van der Waals surface area (Å²) in [6.07, 6.45) is -1.51. The van der Waals surface area contributed by atoms with Gasteiger partial charge in [-0.2, -0.15) is 0 Å². The van der Waals surface area contributed by atoms with Crippen LogP contribution in [0.3, 0.4) is 0 Å². The van der Waals surface area contributed by atoms with Gasteiger partial charge >= 0.3 is 11.9 Å². The highest BCUT2D eigenvalue weighted by Crippen LogP contribution is 2.76. The summed E-state index contributed by atoms with van der Waals surface area (Å²) in [5.74, 6) is -7.23. The Morgan fingerprint density at radius 2 is 1.77 bits per heavy atom. The molecule has 126 valence electrons. The van der Waals surface area contributed by atoms with Crippen molar-refractivity contribution in [2.45, 2.75) is 37.9 Å². The van der Waals surface area contributed by atoms with Gasteiger partial charge in [0.1, 0.15) is 11.7 Å². The maximum Gasteiger partial charge on any atom is 0.310 e. The van der Waals surface area contributed by atoms with Crippen molar-refractivity contribution in [3.63, 3.8) is 0 Å². The van der Waals surface area contributed by atoms with E-state index in [-0.39, 0.29) is 25.2 Å². The summed E-state index contributed by atoms with van der Waals surface area (Å²) >= 11 is 0. The standard InChI is InChI=1S/C13H19FN2O5.ClH/c1-2-3-12(16,11(15)21)13-5(7(13)9(17)18)4-6(14)8(13)10(19)20;/h5-8H,2-4,16H2,1H3,(H2,15,21)(H,17,18)(H,19,20);1H/t5-,6+,7-,8?,12-,13+;/m1./s1. The van der Waals surface area contributed by atoms with Crippen LogP contribution < -0.4 is 11.5 Å². The molecule has 1 amide bonds. The molecule has 0 bridgehead atoms. The number of carbonyl (C=O) groups excluding carboxylic acids is 1. The molecule has 0 heterocycles. The van der Waals surface area contributed by atoms with Crippen molar-refractivity contribution >= 4 is 30.3 Å². The van der Waals surface area contributed by atoms with Gasteiger partial charge in [0.2, 0.25) is 5.91 Å². The first-order valence-electron chi connectivity index (χ1n) is 6.84. The number of carboxylic acid groups (broad SMARTS) is 2. The van der Waals surface area contributed by atoms with Crippen LogP contribution in [-0.4, -0.2) is 39.8 Å².